The molecule has 0 fully saturated rings. The molecule has 1 N–H and O–H groups in total. The molecule has 0 atom stereocenters. The van der Waals surface area contributed by atoms with E-state index in [0.29, 0.717) is 11.1 Å². The summed E-state index contributed by atoms with van der Waals surface area (Å²) in [6, 6.07) is 13.6. The number of nitrogens with one attached hydrogen (secondary N) is 1. The Bertz CT molecular complexity index is 1050. The van der Waals surface area contributed by atoms with Gasteiger partial charge in [0, 0.05) is 17.3 Å². The molecule has 0 radical (unpaired) electrons. The van der Waals surface area contributed by atoms with E-state index in [-0.39, 0.29) is 5.69 Å². The van der Waals surface area contributed by atoms with Crippen molar-refractivity contribution in [2.75, 3.05) is 5.32 Å². The van der Waals surface area contributed by atoms with Crippen LogP contribution in [-0.2, 0) is 0 Å². The first-order valence-corrected chi connectivity index (χ1v) is 7.97. The Morgan fingerprint density at radius 2 is 1.70 bits per heavy atom. The molecule has 0 saturated heterocycles. The number of nitro groups is 1. The van der Waals surface area contributed by atoms with Crippen LogP contribution in [0.3, 0.4) is 0 Å². The van der Waals surface area contributed by atoms with Gasteiger partial charge in [0.2, 0.25) is 0 Å². The zero-order chi connectivity index (χ0) is 19.6. The molecule has 0 spiro atoms. The summed E-state index contributed by atoms with van der Waals surface area (Å²) in [4.78, 5) is 22.9. The number of halogens is 2. The fourth-order valence-corrected chi connectivity index (χ4v) is 2.72. The number of amides is 1. The number of nitrogens with zero attached hydrogens (tertiary/aromatic N) is 1. The van der Waals surface area contributed by atoms with Crippen LogP contribution in [0.25, 0.3) is 11.1 Å². The number of rotatable bonds is 4. The number of aryl methyl sites for hydroxylation is 1. The lowest BCUT2D eigenvalue weighted by molar-refractivity contribution is -0.385. The molecule has 7 heteroatoms. The minimum atomic E-state index is -0.860. The van der Waals surface area contributed by atoms with Crippen LogP contribution < -0.4 is 5.32 Å². The largest absolute Gasteiger partial charge is 0.321 e. The van der Waals surface area contributed by atoms with Crippen molar-refractivity contribution >= 4 is 17.3 Å². The third-order valence-corrected chi connectivity index (χ3v) is 3.96. The molecule has 0 aliphatic heterocycles. The first-order valence-electron chi connectivity index (χ1n) is 7.97. The van der Waals surface area contributed by atoms with Crippen molar-refractivity contribution < 1.29 is 18.5 Å². The van der Waals surface area contributed by atoms with Crippen LogP contribution in [0.5, 0.6) is 0 Å². The summed E-state index contributed by atoms with van der Waals surface area (Å²) in [6.45, 7) is 1.87. The molecule has 0 aromatic heterocycles. The lowest BCUT2D eigenvalue weighted by atomic mass is 10.0. The summed E-state index contributed by atoms with van der Waals surface area (Å²) in [5.41, 5.74) is 1.33. The molecule has 0 unspecified atom stereocenters. The maximum atomic E-state index is 13.8. The Morgan fingerprint density at radius 1 is 1.00 bits per heavy atom. The zero-order valence-electron chi connectivity index (χ0n) is 14.2. The number of benzene rings is 3. The highest BCUT2D eigenvalue weighted by Gasteiger charge is 2.22. The van der Waals surface area contributed by atoms with E-state index < -0.39 is 33.7 Å². The van der Waals surface area contributed by atoms with Gasteiger partial charge >= 0.3 is 0 Å². The molecule has 136 valence electrons. The van der Waals surface area contributed by atoms with Crippen molar-refractivity contribution in [1.82, 2.24) is 0 Å². The molecule has 0 saturated carbocycles. The van der Waals surface area contributed by atoms with Gasteiger partial charge < -0.3 is 5.32 Å². The van der Waals surface area contributed by atoms with Gasteiger partial charge in [-0.2, -0.15) is 0 Å². The quantitative estimate of drug-likeness (QED) is 0.514. The SMILES string of the molecule is Cc1cccc(-c2cc(F)ccc2NC(=O)c2cc(F)ccc2[N+](=O)[O-])c1. The van der Waals surface area contributed by atoms with Gasteiger partial charge in [0.25, 0.3) is 11.6 Å². The first kappa shape index (κ1) is 18.2. The van der Waals surface area contributed by atoms with E-state index in [0.717, 1.165) is 29.8 Å². The standard InChI is InChI=1S/C20H14F2N2O3/c1-12-3-2-4-13(9-12)16-10-14(21)5-7-18(16)23-20(25)17-11-15(22)6-8-19(17)24(26)27/h2-11H,1H3,(H,23,25). The fourth-order valence-electron chi connectivity index (χ4n) is 2.72. The highest BCUT2D eigenvalue weighted by molar-refractivity contribution is 6.08. The van der Waals surface area contributed by atoms with Crippen molar-refractivity contribution in [3.05, 3.63) is 93.5 Å². The Hall–Kier alpha value is -3.61. The number of carbonyl (C=O) groups excluding carboxylic acids is 1. The van der Waals surface area contributed by atoms with Gasteiger partial charge in [0.15, 0.2) is 0 Å². The Kier molecular flexibility index (Phi) is 4.94. The van der Waals surface area contributed by atoms with Gasteiger partial charge in [0.05, 0.1) is 4.92 Å². The van der Waals surface area contributed by atoms with E-state index in [1.807, 2.05) is 19.1 Å². The summed E-state index contributed by atoms with van der Waals surface area (Å²) < 4.78 is 27.3. The van der Waals surface area contributed by atoms with Crippen molar-refractivity contribution in [1.29, 1.82) is 0 Å². The van der Waals surface area contributed by atoms with Crippen LogP contribution in [0.1, 0.15) is 15.9 Å². The maximum Gasteiger partial charge on any atom is 0.282 e. The Balaban J connectivity index is 2.03. The van der Waals surface area contributed by atoms with E-state index in [2.05, 4.69) is 5.32 Å². The van der Waals surface area contributed by atoms with Crippen LogP contribution >= 0.6 is 0 Å². The summed E-state index contributed by atoms with van der Waals surface area (Å²) in [5.74, 6) is -2.13. The molecule has 0 aliphatic rings. The fraction of sp³-hybridized carbons (Fsp3) is 0.0500. The van der Waals surface area contributed by atoms with Crippen LogP contribution in [0.4, 0.5) is 20.2 Å². The highest BCUT2D eigenvalue weighted by atomic mass is 19.1. The molecular formula is C20H14F2N2O3. The van der Waals surface area contributed by atoms with Crippen LogP contribution in [0.2, 0.25) is 0 Å². The Morgan fingerprint density at radius 3 is 2.41 bits per heavy atom. The second-order valence-electron chi connectivity index (χ2n) is 5.93. The lowest BCUT2D eigenvalue weighted by Gasteiger charge is -2.12. The van der Waals surface area contributed by atoms with E-state index in [1.165, 1.54) is 12.1 Å². The molecule has 0 bridgehead atoms. The number of hydrogen-bond donors (Lipinski definition) is 1. The molecule has 3 rings (SSSR count). The molecule has 3 aromatic carbocycles. The smallest absolute Gasteiger partial charge is 0.282 e. The van der Waals surface area contributed by atoms with E-state index in [4.69, 9.17) is 0 Å². The number of carbonyl (C=O) groups is 1. The summed E-state index contributed by atoms with van der Waals surface area (Å²) in [7, 11) is 0. The first-order chi connectivity index (χ1) is 12.8. The maximum absolute atomic E-state index is 13.8. The summed E-state index contributed by atoms with van der Waals surface area (Å²) in [5, 5.41) is 13.6. The summed E-state index contributed by atoms with van der Waals surface area (Å²) in [6.07, 6.45) is 0. The number of anilines is 1. The van der Waals surface area contributed by atoms with Gasteiger partial charge in [-0.1, -0.05) is 29.8 Å². The van der Waals surface area contributed by atoms with Gasteiger partial charge in [-0.3, -0.25) is 14.9 Å². The van der Waals surface area contributed by atoms with Crippen molar-refractivity contribution in [2.45, 2.75) is 6.92 Å². The van der Waals surface area contributed by atoms with E-state index >= 15 is 0 Å². The van der Waals surface area contributed by atoms with Crippen molar-refractivity contribution in [3.8, 4) is 11.1 Å². The molecule has 0 heterocycles. The average molecular weight is 368 g/mol. The van der Waals surface area contributed by atoms with Gasteiger partial charge in [-0.15, -0.1) is 0 Å². The van der Waals surface area contributed by atoms with E-state index in [9.17, 15) is 23.7 Å². The van der Waals surface area contributed by atoms with Crippen LogP contribution in [0.15, 0.2) is 60.7 Å². The number of nitro benzene ring substituents is 1. The third-order valence-electron chi connectivity index (χ3n) is 3.96. The molecule has 0 aliphatic carbocycles. The predicted octanol–water partition coefficient (Wildman–Crippen LogP) is 5.10. The third kappa shape index (κ3) is 3.98. The molecule has 27 heavy (non-hydrogen) atoms. The summed E-state index contributed by atoms with van der Waals surface area (Å²) >= 11 is 0. The van der Waals surface area contributed by atoms with Crippen molar-refractivity contribution in [2.24, 2.45) is 0 Å². The average Bonchev–Trinajstić information content (AvgIpc) is 2.62. The number of hydrogen-bond acceptors (Lipinski definition) is 3. The zero-order valence-corrected chi connectivity index (χ0v) is 14.2. The van der Waals surface area contributed by atoms with Crippen LogP contribution in [0, 0.1) is 28.7 Å². The second kappa shape index (κ2) is 7.33. The van der Waals surface area contributed by atoms with Gasteiger partial charge in [-0.05, 0) is 42.8 Å². The monoisotopic (exact) mass is 368 g/mol. The lowest BCUT2D eigenvalue weighted by Crippen LogP contribution is -2.15. The van der Waals surface area contributed by atoms with Crippen molar-refractivity contribution in [3.63, 3.8) is 0 Å². The molecular weight excluding hydrogens is 354 g/mol. The minimum absolute atomic E-state index is 0.255. The van der Waals surface area contributed by atoms with Gasteiger partial charge in [-0.25, -0.2) is 8.78 Å². The normalized spacial score (nSPS) is 10.5. The molecule has 1 amide bonds. The topological polar surface area (TPSA) is 72.2 Å². The highest BCUT2D eigenvalue weighted by Crippen LogP contribution is 2.30. The predicted molar refractivity (Wildman–Crippen MR) is 97.6 cm³/mol. The molecule has 3 aromatic rings. The van der Waals surface area contributed by atoms with E-state index in [1.54, 1.807) is 12.1 Å². The minimum Gasteiger partial charge on any atom is -0.321 e. The second-order valence-corrected chi connectivity index (χ2v) is 5.93. The molecule has 5 nitrogen and oxygen atoms in total. The van der Waals surface area contributed by atoms with Gasteiger partial charge in [0.1, 0.15) is 17.2 Å². The Labute approximate surface area is 153 Å². The van der Waals surface area contributed by atoms with Crippen LogP contribution in [-0.4, -0.2) is 10.8 Å².